The van der Waals surface area contributed by atoms with E-state index in [1.54, 1.807) is 55.1 Å². The van der Waals surface area contributed by atoms with Gasteiger partial charge in [0.05, 0.1) is 17.1 Å². The first kappa shape index (κ1) is 25.5. The first-order chi connectivity index (χ1) is 17.5. The van der Waals surface area contributed by atoms with Crippen molar-refractivity contribution in [1.29, 1.82) is 0 Å². The van der Waals surface area contributed by atoms with Crippen LogP contribution in [0, 0.1) is 19.7 Å². The smallest absolute Gasteiger partial charge is 0.274 e. The highest BCUT2D eigenvalue weighted by molar-refractivity contribution is 6.31. The van der Waals surface area contributed by atoms with E-state index in [-0.39, 0.29) is 34.1 Å². The summed E-state index contributed by atoms with van der Waals surface area (Å²) in [6, 6.07) is 10.1. The number of aryl methyl sites for hydroxylation is 2. The van der Waals surface area contributed by atoms with Crippen LogP contribution in [0.3, 0.4) is 0 Å². The van der Waals surface area contributed by atoms with Crippen molar-refractivity contribution < 1.29 is 9.50 Å². The van der Waals surface area contributed by atoms with Crippen LogP contribution < -0.4 is 5.56 Å². The highest BCUT2D eigenvalue weighted by atomic mass is 35.5. The molecule has 37 heavy (non-hydrogen) atoms. The van der Waals surface area contributed by atoms with Crippen molar-refractivity contribution in [1.82, 2.24) is 19.5 Å². The van der Waals surface area contributed by atoms with E-state index in [9.17, 15) is 14.3 Å². The number of hydrogen-bond donors (Lipinski definition) is 1. The van der Waals surface area contributed by atoms with E-state index in [0.717, 1.165) is 11.1 Å². The maximum atomic E-state index is 14.5. The lowest BCUT2D eigenvalue weighted by Crippen LogP contribution is -2.23. The fraction of sp³-hybridized carbons (Fsp3) is 0.286. The standard InChI is InChI=1S/C28H25Cl2FN4O2/c1-14-13-33-23(22-7-8-32-27(34-22)28(3,4)37)12-24(14)35-15(2)9-20(25(30)26(35)36)19-11-18(19)17-6-5-16(29)10-21(17)31/h5-10,12-13,18-19,37H,11H2,1-4H3/t18-,19+/m1/s1. The molecule has 6 nitrogen and oxygen atoms in total. The number of halogens is 3. The Bertz CT molecular complexity index is 1600. The van der Waals surface area contributed by atoms with Gasteiger partial charge in [-0.2, -0.15) is 0 Å². The molecular weight excluding hydrogens is 514 g/mol. The Labute approximate surface area is 223 Å². The van der Waals surface area contributed by atoms with Crippen molar-refractivity contribution in [2.45, 2.75) is 51.6 Å². The SMILES string of the molecule is Cc1cnc(-c2ccnc(C(C)(C)O)n2)cc1-n1c(C)cc([C@H]2C[C@@H]2c2ccc(Cl)cc2F)c(Cl)c1=O. The molecule has 0 amide bonds. The lowest BCUT2D eigenvalue weighted by Gasteiger charge is -2.17. The van der Waals surface area contributed by atoms with Crippen molar-refractivity contribution >= 4 is 23.2 Å². The van der Waals surface area contributed by atoms with Gasteiger partial charge in [-0.3, -0.25) is 14.3 Å². The topological polar surface area (TPSA) is 80.9 Å². The number of pyridine rings is 2. The number of aliphatic hydroxyl groups is 1. The van der Waals surface area contributed by atoms with Crippen LogP contribution in [0.2, 0.25) is 10.0 Å². The molecule has 9 heteroatoms. The summed E-state index contributed by atoms with van der Waals surface area (Å²) < 4.78 is 16.0. The molecule has 2 atom stereocenters. The third-order valence-electron chi connectivity index (χ3n) is 6.69. The van der Waals surface area contributed by atoms with Crippen LogP contribution in [0.15, 0.2) is 53.6 Å². The van der Waals surface area contributed by atoms with Gasteiger partial charge in [0, 0.05) is 23.1 Å². The molecule has 0 spiro atoms. The summed E-state index contributed by atoms with van der Waals surface area (Å²) in [5, 5.41) is 10.8. The fourth-order valence-corrected chi connectivity index (χ4v) is 5.12. The summed E-state index contributed by atoms with van der Waals surface area (Å²) in [7, 11) is 0. The van der Waals surface area contributed by atoms with Gasteiger partial charge in [-0.05, 0) is 93.0 Å². The molecule has 1 saturated carbocycles. The Morgan fingerprint density at radius 3 is 2.46 bits per heavy atom. The number of nitrogens with zero attached hydrogens (tertiary/aromatic N) is 4. The number of benzene rings is 1. The Morgan fingerprint density at radius 2 is 1.76 bits per heavy atom. The quantitative estimate of drug-likeness (QED) is 0.324. The van der Waals surface area contributed by atoms with E-state index < -0.39 is 5.60 Å². The highest BCUT2D eigenvalue weighted by Crippen LogP contribution is 2.56. The molecule has 0 bridgehead atoms. The molecular formula is C28H25Cl2FN4O2. The number of hydrogen-bond acceptors (Lipinski definition) is 5. The second kappa shape index (κ2) is 9.31. The van der Waals surface area contributed by atoms with Gasteiger partial charge in [-0.15, -0.1) is 0 Å². The lowest BCUT2D eigenvalue weighted by atomic mass is 10.0. The van der Waals surface area contributed by atoms with Gasteiger partial charge < -0.3 is 5.11 Å². The van der Waals surface area contributed by atoms with Gasteiger partial charge in [0.1, 0.15) is 16.4 Å². The lowest BCUT2D eigenvalue weighted by molar-refractivity contribution is 0.0688. The molecule has 3 heterocycles. The molecule has 1 N–H and O–H groups in total. The second-order valence-electron chi connectivity index (χ2n) is 9.99. The van der Waals surface area contributed by atoms with Crippen molar-refractivity contribution in [3.05, 3.63) is 103 Å². The zero-order valence-electron chi connectivity index (χ0n) is 20.8. The minimum Gasteiger partial charge on any atom is -0.382 e. The molecule has 3 aromatic heterocycles. The molecule has 5 rings (SSSR count). The van der Waals surface area contributed by atoms with Crippen LogP contribution in [-0.2, 0) is 5.60 Å². The molecule has 0 unspecified atom stereocenters. The van der Waals surface area contributed by atoms with Crippen LogP contribution in [0.1, 0.15) is 60.3 Å². The molecule has 1 aliphatic rings. The minimum atomic E-state index is -1.21. The summed E-state index contributed by atoms with van der Waals surface area (Å²) in [5.74, 6) is -0.176. The Balaban J connectivity index is 1.54. The van der Waals surface area contributed by atoms with Gasteiger partial charge in [-0.1, -0.05) is 29.3 Å². The molecule has 1 aliphatic carbocycles. The van der Waals surface area contributed by atoms with Crippen molar-refractivity contribution in [2.75, 3.05) is 0 Å². The van der Waals surface area contributed by atoms with Crippen LogP contribution in [-0.4, -0.2) is 24.6 Å². The van der Waals surface area contributed by atoms with E-state index in [0.29, 0.717) is 39.8 Å². The van der Waals surface area contributed by atoms with Gasteiger partial charge in [0.15, 0.2) is 5.82 Å². The monoisotopic (exact) mass is 538 g/mol. The predicted octanol–water partition coefficient (Wildman–Crippen LogP) is 6.25. The molecule has 0 radical (unpaired) electrons. The summed E-state index contributed by atoms with van der Waals surface area (Å²) in [6.45, 7) is 6.93. The molecule has 0 aliphatic heterocycles. The zero-order valence-corrected chi connectivity index (χ0v) is 22.3. The third kappa shape index (κ3) is 4.79. The zero-order chi connectivity index (χ0) is 26.6. The van der Waals surface area contributed by atoms with Crippen molar-refractivity contribution in [2.24, 2.45) is 0 Å². The van der Waals surface area contributed by atoms with Gasteiger partial charge in [0.2, 0.25) is 0 Å². The van der Waals surface area contributed by atoms with Gasteiger partial charge >= 0.3 is 0 Å². The molecule has 190 valence electrons. The van der Waals surface area contributed by atoms with E-state index in [2.05, 4.69) is 15.0 Å². The largest absolute Gasteiger partial charge is 0.382 e. The van der Waals surface area contributed by atoms with E-state index >= 15 is 0 Å². The van der Waals surface area contributed by atoms with Crippen molar-refractivity contribution in [3.63, 3.8) is 0 Å². The normalized spacial score (nSPS) is 17.2. The fourth-order valence-electron chi connectivity index (χ4n) is 4.68. The Hall–Kier alpha value is -3.13. The predicted molar refractivity (Wildman–Crippen MR) is 142 cm³/mol. The van der Waals surface area contributed by atoms with Crippen molar-refractivity contribution in [3.8, 4) is 17.1 Å². The number of rotatable bonds is 5. The van der Waals surface area contributed by atoms with E-state index in [1.165, 1.54) is 6.07 Å². The van der Waals surface area contributed by atoms with E-state index in [4.69, 9.17) is 23.2 Å². The Morgan fingerprint density at radius 1 is 1.03 bits per heavy atom. The summed E-state index contributed by atoms with van der Waals surface area (Å²) in [5.41, 5.74) is 2.90. The summed E-state index contributed by atoms with van der Waals surface area (Å²) in [6.07, 6.45) is 3.94. The average molecular weight is 539 g/mol. The molecule has 0 saturated heterocycles. The van der Waals surface area contributed by atoms with Gasteiger partial charge in [0.25, 0.3) is 5.56 Å². The summed E-state index contributed by atoms with van der Waals surface area (Å²) >= 11 is 12.5. The van der Waals surface area contributed by atoms with Crippen LogP contribution in [0.25, 0.3) is 17.1 Å². The highest BCUT2D eigenvalue weighted by Gasteiger charge is 2.43. The van der Waals surface area contributed by atoms with Gasteiger partial charge in [-0.25, -0.2) is 14.4 Å². The van der Waals surface area contributed by atoms with Crippen LogP contribution in [0.5, 0.6) is 0 Å². The molecule has 1 fully saturated rings. The number of aromatic nitrogens is 4. The van der Waals surface area contributed by atoms with Crippen LogP contribution >= 0.6 is 23.2 Å². The third-order valence-corrected chi connectivity index (χ3v) is 7.31. The first-order valence-corrected chi connectivity index (χ1v) is 12.6. The first-order valence-electron chi connectivity index (χ1n) is 11.9. The second-order valence-corrected chi connectivity index (χ2v) is 10.8. The molecule has 4 aromatic rings. The van der Waals surface area contributed by atoms with Crippen LogP contribution in [0.4, 0.5) is 4.39 Å². The van der Waals surface area contributed by atoms with E-state index in [1.807, 2.05) is 19.9 Å². The average Bonchev–Trinajstić information content (AvgIpc) is 3.62. The Kier molecular flexibility index (Phi) is 6.42. The molecule has 1 aromatic carbocycles. The maximum Gasteiger partial charge on any atom is 0.274 e. The summed E-state index contributed by atoms with van der Waals surface area (Å²) in [4.78, 5) is 26.6. The maximum absolute atomic E-state index is 14.5. The minimum absolute atomic E-state index is 0.0420.